The van der Waals surface area contributed by atoms with Gasteiger partial charge in [-0.3, -0.25) is 9.59 Å². The highest BCUT2D eigenvalue weighted by atomic mass is 32.1. The van der Waals surface area contributed by atoms with E-state index in [1.54, 1.807) is 10.9 Å². The molecule has 2 aliphatic rings. The van der Waals surface area contributed by atoms with Crippen LogP contribution in [0.15, 0.2) is 10.9 Å². The first-order chi connectivity index (χ1) is 8.66. The monoisotopic (exact) mass is 266 g/mol. The summed E-state index contributed by atoms with van der Waals surface area (Å²) in [5, 5.41) is 13.8. The standard InChI is InChI=1S/C12H14N2O3S/c15-11(8-4-18-5-13-8)14-10-7-2-1-6(3-7)9(10)12(16)17/h4-7,9-10H,1-3H2,(H,14,15)(H,16,17). The molecule has 1 amide bonds. The lowest BCUT2D eigenvalue weighted by molar-refractivity contribution is -0.144. The maximum Gasteiger partial charge on any atom is 0.308 e. The Kier molecular flexibility index (Phi) is 2.81. The van der Waals surface area contributed by atoms with Crippen LogP contribution < -0.4 is 5.32 Å². The fourth-order valence-electron chi connectivity index (χ4n) is 3.40. The number of fused-ring (bicyclic) bond motifs is 2. The Hall–Kier alpha value is -1.43. The fraction of sp³-hybridized carbons (Fsp3) is 0.583. The second-order valence-corrected chi connectivity index (χ2v) is 5.79. The van der Waals surface area contributed by atoms with Crippen molar-refractivity contribution in [3.05, 3.63) is 16.6 Å². The van der Waals surface area contributed by atoms with Crippen LogP contribution in [0.3, 0.4) is 0 Å². The van der Waals surface area contributed by atoms with E-state index >= 15 is 0 Å². The van der Waals surface area contributed by atoms with Crippen molar-refractivity contribution in [3.63, 3.8) is 0 Å². The normalized spacial score (nSPS) is 33.6. The van der Waals surface area contributed by atoms with Gasteiger partial charge in [0.25, 0.3) is 5.91 Å². The van der Waals surface area contributed by atoms with Crippen LogP contribution in [0.4, 0.5) is 0 Å². The van der Waals surface area contributed by atoms with Gasteiger partial charge >= 0.3 is 5.97 Å². The molecule has 2 aliphatic carbocycles. The topological polar surface area (TPSA) is 79.3 Å². The van der Waals surface area contributed by atoms with E-state index in [4.69, 9.17) is 0 Å². The van der Waals surface area contributed by atoms with E-state index in [1.807, 2.05) is 0 Å². The molecule has 0 aromatic carbocycles. The number of carbonyl (C=O) groups is 2. The molecule has 0 spiro atoms. The summed E-state index contributed by atoms with van der Waals surface area (Å²) in [6, 6.07) is -0.226. The van der Waals surface area contributed by atoms with Gasteiger partial charge in [0.15, 0.2) is 0 Å². The number of aromatic nitrogens is 1. The first-order valence-corrected chi connectivity index (χ1v) is 7.03. The molecule has 2 saturated carbocycles. The predicted octanol–water partition coefficient (Wildman–Crippen LogP) is 1.37. The van der Waals surface area contributed by atoms with Crippen molar-refractivity contribution in [2.24, 2.45) is 17.8 Å². The molecule has 18 heavy (non-hydrogen) atoms. The predicted molar refractivity (Wildman–Crippen MR) is 65.3 cm³/mol. The van der Waals surface area contributed by atoms with Crippen LogP contribution in [-0.4, -0.2) is 28.0 Å². The fourth-order valence-corrected chi connectivity index (χ4v) is 3.94. The molecule has 1 aromatic heterocycles. The second-order valence-electron chi connectivity index (χ2n) is 5.07. The molecule has 2 N–H and O–H groups in total. The first-order valence-electron chi connectivity index (χ1n) is 6.08. The molecule has 96 valence electrons. The summed E-state index contributed by atoms with van der Waals surface area (Å²) in [4.78, 5) is 27.2. The smallest absolute Gasteiger partial charge is 0.308 e. The first kappa shape index (κ1) is 11.6. The number of hydrogen-bond donors (Lipinski definition) is 2. The van der Waals surface area contributed by atoms with E-state index < -0.39 is 11.9 Å². The maximum atomic E-state index is 11.9. The van der Waals surface area contributed by atoms with E-state index in [2.05, 4.69) is 10.3 Å². The number of nitrogens with one attached hydrogen (secondary N) is 1. The summed E-state index contributed by atoms with van der Waals surface area (Å²) in [5.41, 5.74) is 1.98. The summed E-state index contributed by atoms with van der Waals surface area (Å²) in [7, 11) is 0. The van der Waals surface area contributed by atoms with Gasteiger partial charge in [0.05, 0.1) is 11.4 Å². The van der Waals surface area contributed by atoms with Gasteiger partial charge in [0.2, 0.25) is 0 Å². The molecule has 5 nitrogen and oxygen atoms in total. The summed E-state index contributed by atoms with van der Waals surface area (Å²) in [6.07, 6.45) is 2.93. The van der Waals surface area contributed by atoms with Gasteiger partial charge < -0.3 is 10.4 Å². The number of thiazole rings is 1. The highest BCUT2D eigenvalue weighted by Gasteiger charge is 2.51. The van der Waals surface area contributed by atoms with E-state index in [-0.39, 0.29) is 17.9 Å². The quantitative estimate of drug-likeness (QED) is 0.866. The Labute approximate surface area is 108 Å². The third-order valence-corrected chi connectivity index (χ3v) is 4.75. The average molecular weight is 266 g/mol. The highest BCUT2D eigenvalue weighted by Crippen LogP contribution is 2.48. The Balaban J connectivity index is 1.75. The van der Waals surface area contributed by atoms with Gasteiger partial charge in [-0.25, -0.2) is 4.98 Å². The van der Waals surface area contributed by atoms with Crippen LogP contribution in [0.25, 0.3) is 0 Å². The van der Waals surface area contributed by atoms with Crippen molar-refractivity contribution in [2.75, 3.05) is 0 Å². The third-order valence-electron chi connectivity index (χ3n) is 4.16. The van der Waals surface area contributed by atoms with Crippen molar-refractivity contribution in [2.45, 2.75) is 25.3 Å². The molecule has 0 saturated heterocycles. The van der Waals surface area contributed by atoms with Crippen LogP contribution in [-0.2, 0) is 4.79 Å². The van der Waals surface area contributed by atoms with Crippen LogP contribution in [0.5, 0.6) is 0 Å². The third kappa shape index (κ3) is 1.80. The minimum absolute atomic E-state index is 0.226. The summed E-state index contributed by atoms with van der Waals surface area (Å²) in [6.45, 7) is 0. The molecule has 2 bridgehead atoms. The Morgan fingerprint density at radius 3 is 2.83 bits per heavy atom. The molecule has 0 aliphatic heterocycles. The number of nitrogens with zero attached hydrogens (tertiary/aromatic N) is 1. The van der Waals surface area contributed by atoms with Gasteiger partial charge in [-0.05, 0) is 31.1 Å². The van der Waals surface area contributed by atoms with Crippen LogP contribution in [0.2, 0.25) is 0 Å². The molecule has 6 heteroatoms. The van der Waals surface area contributed by atoms with Gasteiger partial charge in [-0.15, -0.1) is 11.3 Å². The number of hydrogen-bond acceptors (Lipinski definition) is 4. The number of amides is 1. The van der Waals surface area contributed by atoms with Crippen LogP contribution in [0.1, 0.15) is 29.8 Å². The summed E-state index contributed by atoms with van der Waals surface area (Å²) in [5.74, 6) is -0.913. The van der Waals surface area contributed by atoms with Crippen molar-refractivity contribution in [3.8, 4) is 0 Å². The van der Waals surface area contributed by atoms with Gasteiger partial charge in [-0.2, -0.15) is 0 Å². The summed E-state index contributed by atoms with van der Waals surface area (Å²) >= 11 is 1.36. The van der Waals surface area contributed by atoms with Crippen LogP contribution >= 0.6 is 11.3 Å². The van der Waals surface area contributed by atoms with Crippen molar-refractivity contribution in [1.82, 2.24) is 10.3 Å². The molecule has 3 rings (SSSR count). The SMILES string of the molecule is O=C(NC1C2CCC(C2)C1C(=O)O)c1cscn1. The average Bonchev–Trinajstić information content (AvgIpc) is 3.05. The minimum atomic E-state index is -0.786. The molecule has 1 aromatic rings. The second kappa shape index (κ2) is 4.35. The summed E-state index contributed by atoms with van der Waals surface area (Å²) < 4.78 is 0. The number of carboxylic acid groups (broad SMARTS) is 1. The zero-order valence-electron chi connectivity index (χ0n) is 9.70. The number of aliphatic carboxylic acids is 1. The molecular weight excluding hydrogens is 252 g/mol. The molecule has 4 unspecified atom stereocenters. The van der Waals surface area contributed by atoms with Crippen LogP contribution in [0, 0.1) is 17.8 Å². The highest BCUT2D eigenvalue weighted by molar-refractivity contribution is 7.07. The van der Waals surface area contributed by atoms with Crippen molar-refractivity contribution < 1.29 is 14.7 Å². The maximum absolute atomic E-state index is 11.9. The lowest BCUT2D eigenvalue weighted by atomic mass is 9.84. The van der Waals surface area contributed by atoms with E-state index in [0.717, 1.165) is 19.3 Å². The molecule has 0 radical (unpaired) electrons. The van der Waals surface area contributed by atoms with Crippen molar-refractivity contribution >= 4 is 23.2 Å². The zero-order chi connectivity index (χ0) is 12.7. The number of carbonyl (C=O) groups excluding carboxylic acids is 1. The van der Waals surface area contributed by atoms with Gasteiger partial charge in [0, 0.05) is 11.4 Å². The minimum Gasteiger partial charge on any atom is -0.481 e. The number of rotatable bonds is 3. The van der Waals surface area contributed by atoms with Crippen molar-refractivity contribution in [1.29, 1.82) is 0 Å². The van der Waals surface area contributed by atoms with E-state index in [1.165, 1.54) is 11.3 Å². The molecule has 2 fully saturated rings. The Bertz CT molecular complexity index is 474. The Morgan fingerprint density at radius 1 is 1.39 bits per heavy atom. The van der Waals surface area contributed by atoms with Gasteiger partial charge in [0.1, 0.15) is 5.69 Å². The zero-order valence-corrected chi connectivity index (χ0v) is 10.5. The molecular formula is C12H14N2O3S. The van der Waals surface area contributed by atoms with Gasteiger partial charge in [-0.1, -0.05) is 0 Å². The number of carboxylic acids is 1. The van der Waals surface area contributed by atoms with E-state index in [0.29, 0.717) is 11.6 Å². The Morgan fingerprint density at radius 2 is 2.17 bits per heavy atom. The lowest BCUT2D eigenvalue weighted by Crippen LogP contribution is -2.46. The largest absolute Gasteiger partial charge is 0.481 e. The molecule has 1 heterocycles. The lowest BCUT2D eigenvalue weighted by Gasteiger charge is -2.28. The van der Waals surface area contributed by atoms with E-state index in [9.17, 15) is 14.7 Å². The molecule has 4 atom stereocenters.